The largest absolute Gasteiger partial charge is 1.00 e. The molecule has 2 aromatic rings. The maximum Gasteiger partial charge on any atom is 1.00 e. The van der Waals surface area contributed by atoms with Crippen molar-refractivity contribution in [2.24, 2.45) is 0 Å². The van der Waals surface area contributed by atoms with Crippen molar-refractivity contribution in [3.05, 3.63) is 82.3 Å². The molecule has 0 saturated heterocycles. The van der Waals surface area contributed by atoms with Crippen LogP contribution in [0.3, 0.4) is 0 Å². The Morgan fingerprint density at radius 1 is 1.15 bits per heavy atom. The molecular weight excluding hydrogens is 620 g/mol. The van der Waals surface area contributed by atoms with E-state index in [0.29, 0.717) is 18.0 Å². The van der Waals surface area contributed by atoms with E-state index in [0.717, 1.165) is 15.6 Å². The molecule has 0 spiro atoms. The Balaban J connectivity index is 0.00000308. The molecule has 0 aliphatic carbocycles. The van der Waals surface area contributed by atoms with Crippen LogP contribution in [0, 0.1) is 0 Å². The number of hydrogen-bond acceptors (Lipinski definition) is 10. The first-order chi connectivity index (χ1) is 19.0. The first-order valence-corrected chi connectivity index (χ1v) is 17.2. The predicted molar refractivity (Wildman–Crippen MR) is 162 cm³/mol. The van der Waals surface area contributed by atoms with Gasteiger partial charge in [0, 0.05) is 28.4 Å². The van der Waals surface area contributed by atoms with Crippen molar-refractivity contribution in [1.82, 2.24) is 0 Å². The Bertz CT molecular complexity index is 1520. The number of rotatable bonds is 11. The molecule has 0 aromatic heterocycles. The van der Waals surface area contributed by atoms with Gasteiger partial charge in [0.05, 0.1) is 33.7 Å². The summed E-state index contributed by atoms with van der Waals surface area (Å²) in [6.45, 7) is 0.284. The molecule has 4 rings (SSSR count). The van der Waals surface area contributed by atoms with Crippen molar-refractivity contribution in [2.75, 3.05) is 40.6 Å². The summed E-state index contributed by atoms with van der Waals surface area (Å²) in [6, 6.07) is 11.7. The SMILES string of the molecule is O=C(CSCCO)Nc1ccc2c(c1)SC(=CC=CC=C1C(=O)c3ccccc3S1(O)O)N2CCCS(=O)(=O)O.[H-].[Na+]. The molecule has 41 heavy (non-hydrogen) atoms. The van der Waals surface area contributed by atoms with E-state index in [4.69, 9.17) is 9.66 Å². The van der Waals surface area contributed by atoms with Crippen LogP contribution in [0.25, 0.3) is 0 Å². The Morgan fingerprint density at radius 2 is 1.88 bits per heavy atom. The third-order valence-corrected chi connectivity index (χ3v) is 10.6. The van der Waals surface area contributed by atoms with Crippen molar-refractivity contribution in [3.8, 4) is 0 Å². The van der Waals surface area contributed by atoms with Gasteiger partial charge in [-0.1, -0.05) is 36.0 Å². The zero-order chi connectivity index (χ0) is 28.9. The standard InChI is InChI=1S/C26H28N2O8S4.Na.H/c29-13-14-37-17-24(30)27-18-10-11-20-21(16-18)38-25(28(20)12-5-15-39(32,33)34)9-4-3-8-23-26(31)19-6-1-2-7-22(19)40(23,35)36;;/h1-4,6-11,16,29,35-36H,5,12-15,17H2,(H,27,30)(H,32,33,34);;/q;+1;-1. The zero-order valence-corrected chi connectivity index (χ0v) is 27.4. The first kappa shape index (κ1) is 33.9. The van der Waals surface area contributed by atoms with Gasteiger partial charge in [-0.2, -0.15) is 8.42 Å². The van der Waals surface area contributed by atoms with E-state index in [1.54, 1.807) is 42.5 Å². The van der Waals surface area contributed by atoms with Crippen molar-refractivity contribution < 1.29 is 67.8 Å². The molecule has 15 heteroatoms. The summed E-state index contributed by atoms with van der Waals surface area (Å²) < 4.78 is 52.9. The monoisotopic (exact) mass is 648 g/mol. The van der Waals surface area contributed by atoms with Crippen molar-refractivity contribution >= 4 is 67.3 Å². The molecule has 1 amide bonds. The van der Waals surface area contributed by atoms with Gasteiger partial charge in [-0.15, -0.1) is 22.4 Å². The number of fused-ring (bicyclic) bond motifs is 2. The molecule has 10 nitrogen and oxygen atoms in total. The number of thioether (sulfide) groups is 2. The van der Waals surface area contributed by atoms with E-state index in [1.807, 2.05) is 11.0 Å². The van der Waals surface area contributed by atoms with Crippen LogP contribution in [0.15, 0.2) is 86.5 Å². The van der Waals surface area contributed by atoms with Gasteiger partial charge in [-0.3, -0.25) is 23.2 Å². The number of allylic oxidation sites excluding steroid dienone is 5. The number of hydrogen-bond donors (Lipinski definition) is 5. The second kappa shape index (κ2) is 14.8. The molecule has 2 heterocycles. The number of carbonyl (C=O) groups excluding carboxylic acids is 2. The minimum atomic E-state index is -4.13. The van der Waals surface area contributed by atoms with Crippen molar-refractivity contribution in [2.45, 2.75) is 16.2 Å². The fourth-order valence-electron chi connectivity index (χ4n) is 4.10. The van der Waals surface area contributed by atoms with E-state index >= 15 is 0 Å². The molecule has 2 aliphatic rings. The Morgan fingerprint density at radius 3 is 2.59 bits per heavy atom. The van der Waals surface area contributed by atoms with E-state index < -0.39 is 32.2 Å². The molecule has 0 radical (unpaired) electrons. The molecule has 0 unspecified atom stereocenters. The van der Waals surface area contributed by atoms with Gasteiger partial charge < -0.3 is 16.7 Å². The minimum absolute atomic E-state index is 0. The van der Waals surface area contributed by atoms with Crippen LogP contribution < -0.4 is 39.8 Å². The number of carbonyl (C=O) groups is 2. The Kier molecular flexibility index (Phi) is 12.2. The number of aliphatic hydroxyl groups is 1. The molecule has 2 aromatic carbocycles. The topological polar surface area (TPSA) is 164 Å². The maximum absolute atomic E-state index is 12.7. The van der Waals surface area contributed by atoms with Crippen LogP contribution in [0.4, 0.5) is 11.4 Å². The van der Waals surface area contributed by atoms with Gasteiger partial charge in [0.1, 0.15) is 4.91 Å². The molecule has 0 saturated carbocycles. The Hall–Kier alpha value is -1.56. The van der Waals surface area contributed by atoms with Gasteiger partial charge in [0.25, 0.3) is 10.1 Å². The summed E-state index contributed by atoms with van der Waals surface area (Å²) in [5, 5.41) is 12.4. The van der Waals surface area contributed by atoms with E-state index in [-0.39, 0.29) is 71.0 Å². The number of nitrogens with zero attached hydrogens (tertiary/aromatic N) is 1. The number of nitrogens with one attached hydrogen (secondary N) is 1. The second-order valence-electron chi connectivity index (χ2n) is 8.70. The fourth-order valence-corrected chi connectivity index (χ4v) is 7.88. The number of benzene rings is 2. The van der Waals surface area contributed by atoms with Gasteiger partial charge >= 0.3 is 29.6 Å². The van der Waals surface area contributed by atoms with Crippen LogP contribution in [-0.4, -0.2) is 69.3 Å². The van der Waals surface area contributed by atoms with E-state index in [2.05, 4.69) is 5.32 Å². The quantitative estimate of drug-likeness (QED) is 0.105. The number of amides is 1. The smallest absolute Gasteiger partial charge is 1.00 e. The zero-order valence-electron chi connectivity index (χ0n) is 23.1. The average Bonchev–Trinajstić information content (AvgIpc) is 3.32. The molecular formula is C26H29N2NaO8S4. The van der Waals surface area contributed by atoms with Crippen LogP contribution >= 0.6 is 34.1 Å². The molecule has 0 atom stereocenters. The second-order valence-corrected chi connectivity index (χ2v) is 14.4. The van der Waals surface area contributed by atoms with Gasteiger partial charge in [-0.25, -0.2) is 0 Å². The molecule has 5 N–H and O–H groups in total. The summed E-state index contributed by atoms with van der Waals surface area (Å²) in [5.74, 6) is -0.376. The van der Waals surface area contributed by atoms with Crippen LogP contribution in [0.1, 0.15) is 18.2 Å². The average molecular weight is 649 g/mol. The number of ketones is 1. The summed E-state index contributed by atoms with van der Waals surface area (Å²) in [4.78, 5) is 27.7. The Labute approximate surface area is 272 Å². The number of Topliss-reactive ketones (excluding diaryl/α,β-unsaturated/α-hetero) is 1. The third-order valence-electron chi connectivity index (χ3n) is 5.83. The van der Waals surface area contributed by atoms with Gasteiger partial charge in [0.2, 0.25) is 11.7 Å². The normalized spacial score (nSPS) is 18.4. The van der Waals surface area contributed by atoms with Crippen LogP contribution in [-0.2, 0) is 14.9 Å². The predicted octanol–water partition coefficient (Wildman–Crippen LogP) is 1.94. The first-order valence-electron chi connectivity index (χ1n) is 12.0. The molecule has 2 aliphatic heterocycles. The van der Waals surface area contributed by atoms with Crippen molar-refractivity contribution in [1.29, 1.82) is 0 Å². The summed E-state index contributed by atoms with van der Waals surface area (Å²) in [7, 11) is -7.53. The summed E-state index contributed by atoms with van der Waals surface area (Å²) in [5.41, 5.74) is 1.65. The van der Waals surface area contributed by atoms with E-state index in [9.17, 15) is 27.1 Å². The van der Waals surface area contributed by atoms with Gasteiger partial charge in [0.15, 0.2) is 0 Å². The minimum Gasteiger partial charge on any atom is -1.00 e. The van der Waals surface area contributed by atoms with Gasteiger partial charge in [-0.05, 0) is 48.9 Å². The van der Waals surface area contributed by atoms with Crippen LogP contribution in [0.2, 0.25) is 0 Å². The summed E-state index contributed by atoms with van der Waals surface area (Å²) >= 11 is 2.71. The van der Waals surface area contributed by atoms with Crippen LogP contribution in [0.5, 0.6) is 0 Å². The number of anilines is 2. The third kappa shape index (κ3) is 8.51. The fraction of sp³-hybridized carbons (Fsp3) is 0.231. The number of aliphatic hydroxyl groups excluding tert-OH is 1. The maximum atomic E-state index is 12.7. The molecule has 0 bridgehead atoms. The molecule has 216 valence electrons. The molecule has 0 fully saturated rings. The van der Waals surface area contributed by atoms with E-state index in [1.165, 1.54) is 41.7 Å². The van der Waals surface area contributed by atoms with Crippen molar-refractivity contribution in [3.63, 3.8) is 0 Å². The summed E-state index contributed by atoms with van der Waals surface area (Å²) in [6.07, 6.45) is 6.47.